The van der Waals surface area contributed by atoms with Gasteiger partial charge in [0, 0.05) is 23.2 Å². The highest BCUT2D eigenvalue weighted by Gasteiger charge is 2.13. The van der Waals surface area contributed by atoms with Crippen molar-refractivity contribution in [2.24, 2.45) is 0 Å². The van der Waals surface area contributed by atoms with Gasteiger partial charge < -0.3 is 4.90 Å². The first-order chi connectivity index (χ1) is 8.58. The summed E-state index contributed by atoms with van der Waals surface area (Å²) in [4.78, 5) is 14.4. The standard InChI is InChI=1S/C14H12FNOS/c1-16(12-7-5-11(15)6-8-12)14(17)10-3-2-4-13(18)9-10/h2-9,18H,1H3. The number of amides is 1. The van der Waals surface area contributed by atoms with Crippen LogP contribution in [0.2, 0.25) is 0 Å². The maximum Gasteiger partial charge on any atom is 0.258 e. The van der Waals surface area contributed by atoms with Crippen LogP contribution in [0.15, 0.2) is 53.4 Å². The van der Waals surface area contributed by atoms with E-state index in [2.05, 4.69) is 12.6 Å². The largest absolute Gasteiger partial charge is 0.311 e. The minimum Gasteiger partial charge on any atom is -0.311 e. The molecular weight excluding hydrogens is 249 g/mol. The zero-order valence-corrected chi connectivity index (χ0v) is 10.7. The van der Waals surface area contributed by atoms with Gasteiger partial charge in [-0.1, -0.05) is 6.07 Å². The molecule has 0 atom stereocenters. The lowest BCUT2D eigenvalue weighted by Crippen LogP contribution is -2.26. The van der Waals surface area contributed by atoms with Crippen LogP contribution < -0.4 is 4.90 Å². The lowest BCUT2D eigenvalue weighted by Gasteiger charge is -2.17. The van der Waals surface area contributed by atoms with Crippen LogP contribution in [0.5, 0.6) is 0 Å². The highest BCUT2D eigenvalue weighted by molar-refractivity contribution is 7.80. The van der Waals surface area contributed by atoms with E-state index in [0.29, 0.717) is 11.3 Å². The van der Waals surface area contributed by atoms with E-state index in [-0.39, 0.29) is 11.7 Å². The van der Waals surface area contributed by atoms with E-state index < -0.39 is 0 Å². The minimum absolute atomic E-state index is 0.155. The van der Waals surface area contributed by atoms with Crippen LogP contribution in [0.25, 0.3) is 0 Å². The van der Waals surface area contributed by atoms with Crippen molar-refractivity contribution in [3.63, 3.8) is 0 Å². The van der Waals surface area contributed by atoms with Gasteiger partial charge in [0.2, 0.25) is 0 Å². The Hall–Kier alpha value is -1.81. The first-order valence-electron chi connectivity index (χ1n) is 5.40. The van der Waals surface area contributed by atoms with Gasteiger partial charge in [-0.3, -0.25) is 4.79 Å². The molecule has 0 fully saturated rings. The number of halogens is 1. The number of carbonyl (C=O) groups is 1. The van der Waals surface area contributed by atoms with Gasteiger partial charge in [-0.25, -0.2) is 4.39 Å². The van der Waals surface area contributed by atoms with Crippen molar-refractivity contribution in [2.45, 2.75) is 4.90 Å². The highest BCUT2D eigenvalue weighted by atomic mass is 32.1. The number of anilines is 1. The molecule has 0 N–H and O–H groups in total. The van der Waals surface area contributed by atoms with Crippen molar-refractivity contribution in [3.8, 4) is 0 Å². The van der Waals surface area contributed by atoms with Gasteiger partial charge in [0.05, 0.1) is 0 Å². The summed E-state index contributed by atoms with van der Waals surface area (Å²) in [7, 11) is 1.65. The molecule has 1 amide bonds. The Morgan fingerprint density at radius 2 is 1.83 bits per heavy atom. The van der Waals surface area contributed by atoms with Crippen molar-refractivity contribution in [1.29, 1.82) is 0 Å². The SMILES string of the molecule is CN(C(=O)c1cccc(S)c1)c1ccc(F)cc1. The normalized spacial score (nSPS) is 10.2. The molecule has 0 aliphatic rings. The minimum atomic E-state index is -0.322. The topological polar surface area (TPSA) is 20.3 Å². The molecular formula is C14H12FNOS. The molecule has 2 rings (SSSR count). The van der Waals surface area contributed by atoms with Crippen LogP contribution in [0, 0.1) is 5.82 Å². The van der Waals surface area contributed by atoms with Crippen molar-refractivity contribution in [3.05, 3.63) is 59.9 Å². The van der Waals surface area contributed by atoms with Crippen LogP contribution >= 0.6 is 12.6 Å². The molecule has 18 heavy (non-hydrogen) atoms. The van der Waals surface area contributed by atoms with Gasteiger partial charge in [-0.2, -0.15) is 0 Å². The van der Waals surface area contributed by atoms with E-state index in [9.17, 15) is 9.18 Å². The van der Waals surface area contributed by atoms with Crippen LogP contribution in [0.4, 0.5) is 10.1 Å². The third-order valence-electron chi connectivity index (χ3n) is 2.61. The second-order valence-electron chi connectivity index (χ2n) is 3.89. The molecule has 0 radical (unpaired) electrons. The summed E-state index contributed by atoms with van der Waals surface area (Å²) in [6.07, 6.45) is 0. The second kappa shape index (κ2) is 5.23. The molecule has 92 valence electrons. The Morgan fingerprint density at radius 1 is 1.17 bits per heavy atom. The molecule has 0 unspecified atom stereocenters. The fourth-order valence-corrected chi connectivity index (χ4v) is 1.84. The lowest BCUT2D eigenvalue weighted by molar-refractivity contribution is 0.0993. The lowest BCUT2D eigenvalue weighted by atomic mass is 10.2. The first-order valence-corrected chi connectivity index (χ1v) is 5.85. The Kier molecular flexibility index (Phi) is 3.67. The number of carbonyl (C=O) groups excluding carboxylic acids is 1. The van der Waals surface area contributed by atoms with Crippen molar-refractivity contribution in [1.82, 2.24) is 0 Å². The van der Waals surface area contributed by atoms with Crippen LogP contribution in [-0.4, -0.2) is 13.0 Å². The molecule has 0 spiro atoms. The molecule has 2 aromatic rings. The summed E-state index contributed by atoms with van der Waals surface area (Å²) in [5, 5.41) is 0. The summed E-state index contributed by atoms with van der Waals surface area (Å²) < 4.78 is 12.8. The molecule has 0 aromatic heterocycles. The van der Waals surface area contributed by atoms with E-state index in [1.165, 1.54) is 17.0 Å². The smallest absolute Gasteiger partial charge is 0.258 e. The van der Waals surface area contributed by atoms with Gasteiger partial charge >= 0.3 is 0 Å². The fraction of sp³-hybridized carbons (Fsp3) is 0.0714. The van der Waals surface area contributed by atoms with Gasteiger partial charge in [0.15, 0.2) is 0 Å². The monoisotopic (exact) mass is 261 g/mol. The summed E-state index contributed by atoms with van der Waals surface area (Å²) in [5.41, 5.74) is 1.19. The van der Waals surface area contributed by atoms with Gasteiger partial charge in [0.25, 0.3) is 5.91 Å². The fourth-order valence-electron chi connectivity index (χ4n) is 1.61. The predicted octanol–water partition coefficient (Wildman–Crippen LogP) is 3.39. The van der Waals surface area contributed by atoms with Crippen LogP contribution in [0.1, 0.15) is 10.4 Å². The second-order valence-corrected chi connectivity index (χ2v) is 4.41. The predicted molar refractivity (Wildman–Crippen MR) is 72.8 cm³/mol. The molecule has 0 heterocycles. The number of thiol groups is 1. The highest BCUT2D eigenvalue weighted by Crippen LogP contribution is 2.17. The molecule has 0 bridgehead atoms. The quantitative estimate of drug-likeness (QED) is 0.822. The summed E-state index contributed by atoms with van der Waals surface area (Å²) in [6.45, 7) is 0. The van der Waals surface area contributed by atoms with Gasteiger partial charge in [-0.15, -0.1) is 12.6 Å². The van der Waals surface area contributed by atoms with E-state index >= 15 is 0 Å². The van der Waals surface area contributed by atoms with Crippen LogP contribution in [0.3, 0.4) is 0 Å². The Morgan fingerprint density at radius 3 is 2.44 bits per heavy atom. The molecule has 2 aromatic carbocycles. The van der Waals surface area contributed by atoms with E-state index in [4.69, 9.17) is 0 Å². The maximum absolute atomic E-state index is 12.8. The first kappa shape index (κ1) is 12.6. The zero-order valence-electron chi connectivity index (χ0n) is 9.80. The van der Waals surface area contributed by atoms with Crippen molar-refractivity contribution < 1.29 is 9.18 Å². The number of benzene rings is 2. The van der Waals surface area contributed by atoms with E-state index in [1.54, 1.807) is 43.4 Å². The number of hydrogen-bond donors (Lipinski definition) is 1. The average Bonchev–Trinajstić information content (AvgIpc) is 2.38. The molecule has 0 aliphatic heterocycles. The zero-order chi connectivity index (χ0) is 13.1. The van der Waals surface area contributed by atoms with E-state index in [1.807, 2.05) is 0 Å². The third kappa shape index (κ3) is 2.71. The molecule has 0 aliphatic carbocycles. The van der Waals surface area contributed by atoms with Gasteiger partial charge in [-0.05, 0) is 42.5 Å². The molecule has 0 saturated heterocycles. The Balaban J connectivity index is 2.26. The molecule has 2 nitrogen and oxygen atoms in total. The summed E-state index contributed by atoms with van der Waals surface area (Å²) >= 11 is 4.20. The summed E-state index contributed by atoms with van der Waals surface area (Å²) in [6, 6.07) is 12.8. The third-order valence-corrected chi connectivity index (χ3v) is 2.89. The van der Waals surface area contributed by atoms with Crippen molar-refractivity contribution in [2.75, 3.05) is 11.9 Å². The summed E-state index contributed by atoms with van der Waals surface area (Å²) in [5.74, 6) is -0.477. The number of nitrogens with zero attached hydrogens (tertiary/aromatic N) is 1. The number of hydrogen-bond acceptors (Lipinski definition) is 2. The Labute approximate surface area is 110 Å². The maximum atomic E-state index is 12.8. The molecule has 0 saturated carbocycles. The molecule has 4 heteroatoms. The van der Waals surface area contributed by atoms with Gasteiger partial charge in [0.1, 0.15) is 5.82 Å². The Bertz CT molecular complexity index is 568. The number of rotatable bonds is 2. The van der Waals surface area contributed by atoms with Crippen molar-refractivity contribution >= 4 is 24.2 Å². The average molecular weight is 261 g/mol. The van der Waals surface area contributed by atoms with E-state index in [0.717, 1.165) is 4.90 Å². The van der Waals surface area contributed by atoms with Crippen LogP contribution in [-0.2, 0) is 0 Å².